The molecule has 2 rings (SSSR count). The van der Waals surface area contributed by atoms with Crippen molar-refractivity contribution in [1.29, 1.82) is 0 Å². The van der Waals surface area contributed by atoms with Crippen molar-refractivity contribution < 1.29 is 8.42 Å². The average Bonchev–Trinajstić information content (AvgIpc) is 2.77. The number of nitrogens with zero attached hydrogens (tertiary/aromatic N) is 2. The van der Waals surface area contributed by atoms with Crippen LogP contribution in [-0.4, -0.2) is 43.2 Å². The van der Waals surface area contributed by atoms with Crippen molar-refractivity contribution in [1.82, 2.24) is 8.61 Å². The van der Waals surface area contributed by atoms with Gasteiger partial charge in [0.2, 0.25) is 0 Å². The van der Waals surface area contributed by atoms with E-state index in [0.29, 0.717) is 12.6 Å². The van der Waals surface area contributed by atoms with Crippen LogP contribution in [0.4, 0.5) is 0 Å². The molecule has 0 spiro atoms. The van der Waals surface area contributed by atoms with Crippen LogP contribution < -0.4 is 0 Å². The summed E-state index contributed by atoms with van der Waals surface area (Å²) in [6.45, 7) is 1.39. The van der Waals surface area contributed by atoms with Crippen molar-refractivity contribution in [2.24, 2.45) is 0 Å². The lowest BCUT2D eigenvalue weighted by molar-refractivity contribution is 0.302. The fourth-order valence-corrected chi connectivity index (χ4v) is 3.26. The lowest BCUT2D eigenvalue weighted by atomic mass is 10.4. The molecule has 5 heteroatoms. The van der Waals surface area contributed by atoms with Gasteiger partial charge in [-0.3, -0.25) is 0 Å². The summed E-state index contributed by atoms with van der Waals surface area (Å²) < 4.78 is 26.4. The Morgan fingerprint density at radius 2 is 1.92 bits per heavy atom. The van der Waals surface area contributed by atoms with Gasteiger partial charge in [0.15, 0.2) is 0 Å². The van der Waals surface area contributed by atoms with Gasteiger partial charge in [0.25, 0.3) is 10.2 Å². The second kappa shape index (κ2) is 2.68. The van der Waals surface area contributed by atoms with Crippen LogP contribution in [0.25, 0.3) is 0 Å². The molecule has 0 aromatic heterocycles. The molecule has 1 saturated heterocycles. The maximum Gasteiger partial charge on any atom is 0.281 e. The fourth-order valence-electron chi connectivity index (χ4n) is 1.59. The van der Waals surface area contributed by atoms with E-state index in [9.17, 15) is 8.42 Å². The third-order valence-corrected chi connectivity index (χ3v) is 4.54. The molecule has 12 heavy (non-hydrogen) atoms. The molecule has 2 aliphatic rings. The lowest BCUT2D eigenvalue weighted by Crippen LogP contribution is -2.48. The molecule has 4 nitrogen and oxygen atoms in total. The zero-order chi connectivity index (χ0) is 8.77. The van der Waals surface area contributed by atoms with Gasteiger partial charge in [-0.2, -0.15) is 17.0 Å². The molecule has 70 valence electrons. The maximum atomic E-state index is 11.6. The summed E-state index contributed by atoms with van der Waals surface area (Å²) in [4.78, 5) is 0. The lowest BCUT2D eigenvalue weighted by Gasteiger charge is -2.32. The van der Waals surface area contributed by atoms with E-state index in [1.165, 1.54) is 4.31 Å². The topological polar surface area (TPSA) is 40.6 Å². The summed E-state index contributed by atoms with van der Waals surface area (Å²) in [5.41, 5.74) is 0. The van der Waals surface area contributed by atoms with Crippen LogP contribution in [0.15, 0.2) is 0 Å². The second-order valence-corrected chi connectivity index (χ2v) is 5.51. The highest BCUT2D eigenvalue weighted by Crippen LogP contribution is 2.31. The van der Waals surface area contributed by atoms with Crippen LogP contribution in [0.5, 0.6) is 0 Å². The van der Waals surface area contributed by atoms with Gasteiger partial charge in [0, 0.05) is 26.2 Å². The molecular weight excluding hydrogens is 176 g/mol. The Labute approximate surface area is 73.3 Å². The molecule has 0 amide bonds. The first-order valence-corrected chi connectivity index (χ1v) is 5.75. The van der Waals surface area contributed by atoms with Crippen molar-refractivity contribution in [2.45, 2.75) is 25.3 Å². The van der Waals surface area contributed by atoms with Crippen LogP contribution in [0.2, 0.25) is 0 Å². The summed E-state index contributed by atoms with van der Waals surface area (Å²) in [6.07, 6.45) is 3.06. The summed E-state index contributed by atoms with van der Waals surface area (Å²) in [5.74, 6) is 0. The monoisotopic (exact) mass is 190 g/mol. The third kappa shape index (κ3) is 1.26. The zero-order valence-electron chi connectivity index (χ0n) is 7.23. The van der Waals surface area contributed by atoms with E-state index in [1.807, 2.05) is 0 Å². The van der Waals surface area contributed by atoms with Gasteiger partial charge >= 0.3 is 0 Å². The van der Waals surface area contributed by atoms with E-state index in [0.717, 1.165) is 25.8 Å². The molecule has 0 N–H and O–H groups in total. The van der Waals surface area contributed by atoms with Crippen LogP contribution in [0.1, 0.15) is 19.3 Å². The number of rotatable bonds is 1. The van der Waals surface area contributed by atoms with Crippen LogP contribution in [0.3, 0.4) is 0 Å². The highest BCUT2D eigenvalue weighted by Gasteiger charge is 2.40. The number of hydrogen-bond donors (Lipinski definition) is 0. The Balaban J connectivity index is 2.21. The second-order valence-electron chi connectivity index (χ2n) is 3.52. The van der Waals surface area contributed by atoms with E-state index in [-0.39, 0.29) is 0 Å². The quantitative estimate of drug-likeness (QED) is 0.585. The van der Waals surface area contributed by atoms with E-state index < -0.39 is 10.2 Å². The summed E-state index contributed by atoms with van der Waals surface area (Å²) in [6, 6.07) is 0.317. The average molecular weight is 190 g/mol. The van der Waals surface area contributed by atoms with Crippen molar-refractivity contribution in [3.63, 3.8) is 0 Å². The minimum atomic E-state index is -3.07. The van der Waals surface area contributed by atoms with Gasteiger partial charge in [-0.1, -0.05) is 0 Å². The number of hydrogen-bond acceptors (Lipinski definition) is 2. The van der Waals surface area contributed by atoms with Crippen LogP contribution in [-0.2, 0) is 10.2 Å². The molecule has 1 aliphatic carbocycles. The van der Waals surface area contributed by atoms with Gasteiger partial charge in [-0.25, -0.2) is 0 Å². The normalized spacial score (nSPS) is 32.1. The first kappa shape index (κ1) is 8.47. The Hall–Kier alpha value is -0.130. The molecule has 1 saturated carbocycles. The van der Waals surface area contributed by atoms with Crippen LogP contribution >= 0.6 is 0 Å². The molecule has 0 atom stereocenters. The molecule has 2 fully saturated rings. The van der Waals surface area contributed by atoms with Crippen LogP contribution in [0, 0.1) is 0 Å². The first-order valence-electron chi connectivity index (χ1n) is 4.35. The maximum absolute atomic E-state index is 11.6. The zero-order valence-corrected chi connectivity index (χ0v) is 8.05. The predicted octanol–water partition coefficient (Wildman–Crippen LogP) is 0.0311. The van der Waals surface area contributed by atoms with Crippen molar-refractivity contribution in [3.05, 3.63) is 0 Å². The first-order chi connectivity index (χ1) is 5.62. The molecular formula is C7H14N2O2S. The fraction of sp³-hybridized carbons (Fsp3) is 1.00. The summed E-state index contributed by atoms with van der Waals surface area (Å²) >= 11 is 0. The van der Waals surface area contributed by atoms with Crippen molar-refractivity contribution >= 4 is 10.2 Å². The summed E-state index contributed by atoms with van der Waals surface area (Å²) in [5, 5.41) is 0. The minimum Gasteiger partial charge on any atom is -0.195 e. The van der Waals surface area contributed by atoms with Gasteiger partial charge in [0.05, 0.1) is 0 Å². The Bertz CT molecular complexity index is 271. The van der Waals surface area contributed by atoms with Crippen molar-refractivity contribution in [3.8, 4) is 0 Å². The Morgan fingerprint density at radius 1 is 1.25 bits per heavy atom. The highest BCUT2D eigenvalue weighted by atomic mass is 32.2. The molecule has 0 bridgehead atoms. The minimum absolute atomic E-state index is 0.317. The molecule has 0 aromatic carbocycles. The standard InChI is InChI=1S/C7H14N2O2S/c1-8-5-2-6-9(7-3-4-7)12(8,10)11/h7H,2-6H2,1H3. The van der Waals surface area contributed by atoms with E-state index in [1.54, 1.807) is 11.4 Å². The smallest absolute Gasteiger partial charge is 0.195 e. The van der Waals surface area contributed by atoms with E-state index in [2.05, 4.69) is 0 Å². The highest BCUT2D eigenvalue weighted by molar-refractivity contribution is 7.86. The molecule has 0 radical (unpaired) electrons. The van der Waals surface area contributed by atoms with Crippen molar-refractivity contribution in [2.75, 3.05) is 20.1 Å². The molecule has 0 aromatic rings. The van der Waals surface area contributed by atoms with Gasteiger partial charge in [-0.15, -0.1) is 0 Å². The Morgan fingerprint density at radius 3 is 2.50 bits per heavy atom. The molecule has 1 heterocycles. The molecule has 0 unspecified atom stereocenters. The largest absolute Gasteiger partial charge is 0.281 e. The Kier molecular flexibility index (Phi) is 1.89. The van der Waals surface area contributed by atoms with Gasteiger partial charge < -0.3 is 0 Å². The van der Waals surface area contributed by atoms with E-state index >= 15 is 0 Å². The molecule has 1 aliphatic heterocycles. The SMILES string of the molecule is CN1CCCN(C2CC2)S1(=O)=O. The van der Waals surface area contributed by atoms with E-state index in [4.69, 9.17) is 0 Å². The van der Waals surface area contributed by atoms with Gasteiger partial charge in [-0.05, 0) is 19.3 Å². The third-order valence-electron chi connectivity index (χ3n) is 2.50. The van der Waals surface area contributed by atoms with Gasteiger partial charge in [0.1, 0.15) is 0 Å². The predicted molar refractivity (Wildman–Crippen MR) is 45.9 cm³/mol. The summed E-state index contributed by atoms with van der Waals surface area (Å²) in [7, 11) is -1.42.